The third-order valence-corrected chi connectivity index (χ3v) is 6.95. The maximum absolute atomic E-state index is 12.4. The summed E-state index contributed by atoms with van der Waals surface area (Å²) in [6, 6.07) is 22.1. The van der Waals surface area contributed by atoms with Gasteiger partial charge in [-0.2, -0.15) is 0 Å². The summed E-state index contributed by atoms with van der Waals surface area (Å²) in [5.41, 5.74) is 4.06. The van der Waals surface area contributed by atoms with Crippen LogP contribution in [-0.2, 0) is 11.4 Å². The lowest BCUT2D eigenvalue weighted by atomic mass is 10.2. The van der Waals surface area contributed by atoms with E-state index in [4.69, 9.17) is 4.74 Å². The first-order valence-electron chi connectivity index (χ1n) is 9.49. The topological polar surface area (TPSA) is 50.7 Å². The van der Waals surface area contributed by atoms with Crippen molar-refractivity contribution in [1.29, 1.82) is 0 Å². The summed E-state index contributed by atoms with van der Waals surface area (Å²) in [5, 5.41) is 3.42. The van der Waals surface area contributed by atoms with Crippen LogP contribution in [-0.4, -0.2) is 11.1 Å². The lowest BCUT2D eigenvalue weighted by molar-refractivity contribution is -0.115. The zero-order valence-electron chi connectivity index (χ0n) is 16.6. The van der Waals surface area contributed by atoms with Gasteiger partial charge in [-0.15, -0.1) is 0 Å². The second-order valence-electron chi connectivity index (χ2n) is 6.92. The number of nitrogens with one attached hydrogen (secondary N) is 1. The average Bonchev–Trinajstić information content (AvgIpc) is 3.09. The predicted octanol–water partition coefficient (Wildman–Crippen LogP) is 6.67. The number of hydrogen-bond acceptors (Lipinski definition) is 4. The first-order chi connectivity index (χ1) is 15.0. The third-order valence-electron chi connectivity index (χ3n) is 4.48. The van der Waals surface area contributed by atoms with Crippen LogP contribution < -0.4 is 10.1 Å². The van der Waals surface area contributed by atoms with E-state index in [1.54, 1.807) is 0 Å². The average molecular weight is 652 g/mol. The molecule has 1 aliphatic rings. The SMILES string of the molecule is Cc1ccc(N=C2NC(=O)/C(=C\c3ccc(OCc4ccc(I)cc4)c(I)c3)S2)cc1. The molecule has 1 fully saturated rings. The van der Waals surface area contributed by atoms with Gasteiger partial charge < -0.3 is 10.1 Å². The fraction of sp³-hybridized carbons (Fsp3) is 0.0833. The van der Waals surface area contributed by atoms with Crippen molar-refractivity contribution < 1.29 is 9.53 Å². The molecule has 7 heteroatoms. The maximum Gasteiger partial charge on any atom is 0.264 e. The Morgan fingerprint density at radius 3 is 2.48 bits per heavy atom. The van der Waals surface area contributed by atoms with E-state index < -0.39 is 0 Å². The molecule has 3 aromatic carbocycles. The van der Waals surface area contributed by atoms with E-state index in [0.29, 0.717) is 16.7 Å². The molecule has 1 aliphatic heterocycles. The van der Waals surface area contributed by atoms with Crippen LogP contribution in [0.2, 0.25) is 0 Å². The number of carbonyl (C=O) groups excluding carboxylic acids is 1. The van der Waals surface area contributed by atoms with Crippen molar-refractivity contribution in [2.75, 3.05) is 0 Å². The van der Waals surface area contributed by atoms with Crippen LogP contribution in [0, 0.1) is 14.1 Å². The number of aryl methyl sites for hydroxylation is 1. The van der Waals surface area contributed by atoms with Crippen LogP contribution in [0.1, 0.15) is 16.7 Å². The molecule has 0 aromatic heterocycles. The molecule has 1 amide bonds. The van der Waals surface area contributed by atoms with Gasteiger partial charge in [-0.1, -0.05) is 35.9 Å². The van der Waals surface area contributed by atoms with Crippen molar-refractivity contribution in [3.63, 3.8) is 0 Å². The van der Waals surface area contributed by atoms with Crippen molar-refractivity contribution in [2.45, 2.75) is 13.5 Å². The van der Waals surface area contributed by atoms with Gasteiger partial charge in [0, 0.05) is 3.57 Å². The van der Waals surface area contributed by atoms with Crippen molar-refractivity contribution in [3.8, 4) is 5.75 Å². The summed E-state index contributed by atoms with van der Waals surface area (Å²) in [7, 11) is 0. The highest BCUT2D eigenvalue weighted by Crippen LogP contribution is 2.30. The molecule has 1 saturated heterocycles. The van der Waals surface area contributed by atoms with Gasteiger partial charge in [0.05, 0.1) is 14.2 Å². The van der Waals surface area contributed by atoms with E-state index >= 15 is 0 Å². The van der Waals surface area contributed by atoms with Crippen LogP contribution in [0.25, 0.3) is 6.08 Å². The number of amides is 1. The molecule has 1 heterocycles. The Morgan fingerprint density at radius 2 is 1.77 bits per heavy atom. The van der Waals surface area contributed by atoms with Crippen molar-refractivity contribution in [1.82, 2.24) is 5.32 Å². The number of amidine groups is 1. The number of halogens is 2. The van der Waals surface area contributed by atoms with E-state index in [1.165, 1.54) is 20.9 Å². The summed E-state index contributed by atoms with van der Waals surface area (Å²) in [6.45, 7) is 2.55. The molecule has 0 saturated carbocycles. The molecular weight excluding hydrogens is 634 g/mol. The number of hydrogen-bond donors (Lipinski definition) is 1. The minimum Gasteiger partial charge on any atom is -0.488 e. The zero-order valence-corrected chi connectivity index (χ0v) is 21.7. The molecule has 0 radical (unpaired) electrons. The second kappa shape index (κ2) is 10.2. The normalized spacial score (nSPS) is 16.0. The molecule has 1 N–H and O–H groups in total. The quantitative estimate of drug-likeness (QED) is 0.248. The minimum atomic E-state index is -0.134. The largest absolute Gasteiger partial charge is 0.488 e. The Morgan fingerprint density at radius 1 is 1.03 bits per heavy atom. The van der Waals surface area contributed by atoms with Crippen LogP contribution >= 0.6 is 56.9 Å². The second-order valence-corrected chi connectivity index (χ2v) is 10.4. The highest BCUT2D eigenvalue weighted by Gasteiger charge is 2.23. The fourth-order valence-corrected chi connectivity index (χ4v) is 4.73. The number of carbonyl (C=O) groups is 1. The molecule has 4 rings (SSSR count). The molecule has 156 valence electrons. The first-order valence-corrected chi connectivity index (χ1v) is 12.5. The smallest absolute Gasteiger partial charge is 0.264 e. The standard InChI is InChI=1S/C24H18I2N2O2S/c1-15-2-9-19(10-3-15)27-24-28-23(29)22(31-24)13-17-6-11-21(20(26)12-17)30-14-16-4-7-18(25)8-5-16/h2-13H,14H2,1H3,(H,27,28,29)/b22-13+. The van der Waals surface area contributed by atoms with Crippen LogP contribution in [0.15, 0.2) is 76.6 Å². The van der Waals surface area contributed by atoms with E-state index in [9.17, 15) is 4.79 Å². The molecule has 0 spiro atoms. The van der Waals surface area contributed by atoms with Gasteiger partial charge in [-0.3, -0.25) is 4.79 Å². The molecule has 0 unspecified atom stereocenters. The Hall–Kier alpha value is -1.85. The molecule has 4 nitrogen and oxygen atoms in total. The van der Waals surface area contributed by atoms with E-state index in [1.807, 2.05) is 55.5 Å². The first kappa shape index (κ1) is 22.3. The summed E-state index contributed by atoms with van der Waals surface area (Å²) in [5.74, 6) is 0.691. The molecule has 3 aromatic rings. The minimum absolute atomic E-state index is 0.134. The number of ether oxygens (including phenoxy) is 1. The number of thioether (sulfide) groups is 1. The number of rotatable bonds is 5. The van der Waals surface area contributed by atoms with Gasteiger partial charge >= 0.3 is 0 Å². The number of benzene rings is 3. The molecule has 0 atom stereocenters. The van der Waals surface area contributed by atoms with E-state index in [2.05, 4.69) is 79.8 Å². The summed E-state index contributed by atoms with van der Waals surface area (Å²) >= 11 is 5.90. The fourth-order valence-electron chi connectivity index (χ4n) is 2.83. The predicted molar refractivity (Wildman–Crippen MR) is 145 cm³/mol. The van der Waals surface area contributed by atoms with Crippen LogP contribution in [0.5, 0.6) is 5.75 Å². The molecule has 31 heavy (non-hydrogen) atoms. The summed E-state index contributed by atoms with van der Waals surface area (Å²) < 4.78 is 8.16. The molecular formula is C24H18I2N2O2S. The van der Waals surface area contributed by atoms with Crippen molar-refractivity contribution >= 4 is 79.8 Å². The van der Waals surface area contributed by atoms with E-state index in [-0.39, 0.29) is 5.91 Å². The lowest BCUT2D eigenvalue weighted by Gasteiger charge is -2.09. The Labute approximate surface area is 212 Å². The Bertz CT molecular complexity index is 1170. The van der Waals surface area contributed by atoms with E-state index in [0.717, 1.165) is 26.1 Å². The highest BCUT2D eigenvalue weighted by molar-refractivity contribution is 14.1. The monoisotopic (exact) mass is 652 g/mol. The van der Waals surface area contributed by atoms with Gasteiger partial charge in [0.1, 0.15) is 12.4 Å². The van der Waals surface area contributed by atoms with Gasteiger partial charge in [0.15, 0.2) is 5.17 Å². The van der Waals surface area contributed by atoms with Crippen molar-refractivity contribution in [3.05, 3.63) is 95.5 Å². The highest BCUT2D eigenvalue weighted by atomic mass is 127. The van der Waals surface area contributed by atoms with Crippen LogP contribution in [0.3, 0.4) is 0 Å². The van der Waals surface area contributed by atoms with Crippen LogP contribution in [0.4, 0.5) is 5.69 Å². The maximum atomic E-state index is 12.4. The molecule has 0 aliphatic carbocycles. The number of nitrogens with zero attached hydrogens (tertiary/aromatic N) is 1. The summed E-state index contributed by atoms with van der Waals surface area (Å²) in [4.78, 5) is 17.5. The van der Waals surface area contributed by atoms with Crippen molar-refractivity contribution in [2.24, 2.45) is 4.99 Å². The molecule has 0 bridgehead atoms. The van der Waals surface area contributed by atoms with Gasteiger partial charge in [-0.05, 0) is 117 Å². The summed E-state index contributed by atoms with van der Waals surface area (Å²) in [6.07, 6.45) is 1.88. The zero-order chi connectivity index (χ0) is 21.8. The Balaban J connectivity index is 1.44. The van der Waals surface area contributed by atoms with Gasteiger partial charge in [0.25, 0.3) is 5.91 Å². The van der Waals surface area contributed by atoms with Gasteiger partial charge in [-0.25, -0.2) is 4.99 Å². The lowest BCUT2D eigenvalue weighted by Crippen LogP contribution is -2.19. The third kappa shape index (κ3) is 6.11. The number of aliphatic imine (C=N–C) groups is 1. The van der Waals surface area contributed by atoms with Gasteiger partial charge in [0.2, 0.25) is 0 Å². The Kier molecular flexibility index (Phi) is 7.34.